The maximum atomic E-state index is 5.24. The van der Waals surface area contributed by atoms with Crippen LogP contribution in [0.15, 0.2) is 5.10 Å². The molecular formula is C8H16N2. The van der Waals surface area contributed by atoms with E-state index in [2.05, 4.69) is 12.0 Å². The Kier molecular flexibility index (Phi) is 2.72. The van der Waals surface area contributed by atoms with E-state index in [-0.39, 0.29) is 0 Å². The molecule has 0 amide bonds. The van der Waals surface area contributed by atoms with Gasteiger partial charge in [-0.05, 0) is 31.6 Å². The van der Waals surface area contributed by atoms with E-state index in [0.717, 1.165) is 12.3 Å². The molecule has 10 heavy (non-hydrogen) atoms. The lowest BCUT2D eigenvalue weighted by Crippen LogP contribution is -2.08. The fourth-order valence-electron chi connectivity index (χ4n) is 1.73. The second-order valence-electron chi connectivity index (χ2n) is 3.00. The molecule has 0 saturated heterocycles. The lowest BCUT2D eigenvalue weighted by molar-refractivity contribution is 0.597. The lowest BCUT2D eigenvalue weighted by Gasteiger charge is -2.06. The molecule has 0 aromatic heterocycles. The van der Waals surface area contributed by atoms with Crippen molar-refractivity contribution in [2.24, 2.45) is 16.9 Å². The molecule has 2 heteroatoms. The maximum absolute atomic E-state index is 5.24. The first kappa shape index (κ1) is 7.58. The largest absolute Gasteiger partial charge is 0.323 e. The molecule has 0 aromatic rings. The number of hydrogen-bond acceptors (Lipinski definition) is 2. The first-order chi connectivity index (χ1) is 4.88. The van der Waals surface area contributed by atoms with E-state index in [1.165, 1.54) is 31.4 Å². The van der Waals surface area contributed by atoms with Gasteiger partial charge in [-0.25, -0.2) is 0 Å². The van der Waals surface area contributed by atoms with Crippen LogP contribution in [0.1, 0.15) is 39.0 Å². The van der Waals surface area contributed by atoms with Crippen molar-refractivity contribution in [2.45, 2.75) is 39.0 Å². The van der Waals surface area contributed by atoms with Crippen LogP contribution in [0.25, 0.3) is 0 Å². The molecule has 0 aliphatic heterocycles. The van der Waals surface area contributed by atoms with E-state index in [0.29, 0.717) is 0 Å². The van der Waals surface area contributed by atoms with Gasteiger partial charge < -0.3 is 5.84 Å². The van der Waals surface area contributed by atoms with Crippen molar-refractivity contribution in [3.63, 3.8) is 0 Å². The third-order valence-electron chi connectivity index (χ3n) is 2.26. The van der Waals surface area contributed by atoms with E-state index in [4.69, 9.17) is 5.84 Å². The van der Waals surface area contributed by atoms with Gasteiger partial charge in [-0.1, -0.05) is 13.3 Å². The molecule has 1 aliphatic rings. The quantitative estimate of drug-likeness (QED) is 0.461. The van der Waals surface area contributed by atoms with Gasteiger partial charge in [0.25, 0.3) is 0 Å². The summed E-state index contributed by atoms with van der Waals surface area (Å²) in [5.74, 6) is 5.96. The molecule has 1 unspecified atom stereocenters. The Hall–Kier alpha value is -0.530. The van der Waals surface area contributed by atoms with Crippen LogP contribution in [-0.4, -0.2) is 5.71 Å². The summed E-state index contributed by atoms with van der Waals surface area (Å²) in [7, 11) is 0. The molecular weight excluding hydrogens is 124 g/mol. The van der Waals surface area contributed by atoms with Gasteiger partial charge in [-0.2, -0.15) is 5.10 Å². The summed E-state index contributed by atoms with van der Waals surface area (Å²) in [6.07, 6.45) is 6.27. The van der Waals surface area contributed by atoms with Crippen LogP contribution in [0, 0.1) is 5.92 Å². The van der Waals surface area contributed by atoms with Crippen molar-refractivity contribution in [2.75, 3.05) is 0 Å². The molecule has 1 aliphatic carbocycles. The number of rotatable bonds is 2. The fraction of sp³-hybridized carbons (Fsp3) is 0.875. The van der Waals surface area contributed by atoms with Crippen molar-refractivity contribution in [1.82, 2.24) is 0 Å². The van der Waals surface area contributed by atoms with Crippen molar-refractivity contribution in [1.29, 1.82) is 0 Å². The first-order valence-corrected chi connectivity index (χ1v) is 4.15. The minimum Gasteiger partial charge on any atom is -0.323 e. The average molecular weight is 140 g/mol. The molecule has 1 atom stereocenters. The van der Waals surface area contributed by atoms with Gasteiger partial charge in [-0.3, -0.25) is 0 Å². The number of nitrogens with zero attached hydrogens (tertiary/aromatic N) is 1. The summed E-state index contributed by atoms with van der Waals surface area (Å²) < 4.78 is 0. The molecule has 0 spiro atoms. The zero-order valence-electron chi connectivity index (χ0n) is 6.64. The van der Waals surface area contributed by atoms with Crippen molar-refractivity contribution in [3.05, 3.63) is 0 Å². The highest BCUT2D eigenvalue weighted by molar-refractivity contribution is 5.88. The topological polar surface area (TPSA) is 38.4 Å². The van der Waals surface area contributed by atoms with Crippen LogP contribution in [0.5, 0.6) is 0 Å². The Morgan fingerprint density at radius 2 is 2.50 bits per heavy atom. The molecule has 58 valence electrons. The summed E-state index contributed by atoms with van der Waals surface area (Å²) in [6, 6.07) is 0. The summed E-state index contributed by atoms with van der Waals surface area (Å²) in [4.78, 5) is 0. The Balaban J connectivity index is 2.42. The molecule has 2 nitrogen and oxygen atoms in total. The van der Waals surface area contributed by atoms with Crippen LogP contribution in [0.2, 0.25) is 0 Å². The van der Waals surface area contributed by atoms with Crippen LogP contribution in [0.3, 0.4) is 0 Å². The minimum atomic E-state index is 0.718. The Morgan fingerprint density at radius 3 is 3.10 bits per heavy atom. The van der Waals surface area contributed by atoms with Crippen molar-refractivity contribution >= 4 is 5.71 Å². The third kappa shape index (κ3) is 1.49. The fourth-order valence-corrected chi connectivity index (χ4v) is 1.73. The number of nitrogens with two attached hydrogens (primary N) is 1. The number of hydrogen-bond donors (Lipinski definition) is 1. The second kappa shape index (κ2) is 3.59. The molecule has 0 heterocycles. The van der Waals surface area contributed by atoms with Crippen LogP contribution < -0.4 is 5.84 Å². The minimum absolute atomic E-state index is 0.718. The highest BCUT2D eigenvalue weighted by Crippen LogP contribution is 2.25. The normalized spacial score (nSPS) is 29.7. The van der Waals surface area contributed by atoms with Crippen molar-refractivity contribution in [3.8, 4) is 0 Å². The summed E-state index contributed by atoms with van der Waals surface area (Å²) in [5.41, 5.74) is 1.25. The standard InChI is InChI=1S/C8H16N2/c1-2-4-7-5-3-6-8(7)10-9/h7H,2-6,9H2,1H3/b10-8+. The van der Waals surface area contributed by atoms with Crippen LogP contribution in [-0.2, 0) is 0 Å². The monoisotopic (exact) mass is 140 g/mol. The predicted molar refractivity (Wildman–Crippen MR) is 43.9 cm³/mol. The van der Waals surface area contributed by atoms with E-state index in [1.807, 2.05) is 0 Å². The second-order valence-corrected chi connectivity index (χ2v) is 3.00. The lowest BCUT2D eigenvalue weighted by atomic mass is 10.0. The SMILES string of the molecule is CCCC1CCC/C1=N\N. The van der Waals surface area contributed by atoms with E-state index < -0.39 is 0 Å². The van der Waals surface area contributed by atoms with Gasteiger partial charge in [0.05, 0.1) is 0 Å². The Labute approximate surface area is 62.5 Å². The van der Waals surface area contributed by atoms with Crippen LogP contribution in [0.4, 0.5) is 0 Å². The summed E-state index contributed by atoms with van der Waals surface area (Å²) in [5, 5.41) is 3.80. The molecule has 0 bridgehead atoms. The molecule has 1 saturated carbocycles. The maximum Gasteiger partial charge on any atom is 0.0406 e. The predicted octanol–water partition coefficient (Wildman–Crippen LogP) is 1.90. The zero-order chi connectivity index (χ0) is 7.40. The van der Waals surface area contributed by atoms with Gasteiger partial charge in [0, 0.05) is 5.71 Å². The molecule has 1 fully saturated rings. The molecule has 0 aromatic carbocycles. The van der Waals surface area contributed by atoms with Gasteiger partial charge in [0.15, 0.2) is 0 Å². The third-order valence-corrected chi connectivity index (χ3v) is 2.26. The smallest absolute Gasteiger partial charge is 0.0406 e. The summed E-state index contributed by atoms with van der Waals surface area (Å²) >= 11 is 0. The highest BCUT2D eigenvalue weighted by atomic mass is 15.1. The van der Waals surface area contributed by atoms with Gasteiger partial charge in [0.1, 0.15) is 0 Å². The molecule has 2 N–H and O–H groups in total. The Morgan fingerprint density at radius 1 is 1.70 bits per heavy atom. The van der Waals surface area contributed by atoms with Crippen LogP contribution >= 0.6 is 0 Å². The van der Waals surface area contributed by atoms with Gasteiger partial charge in [0.2, 0.25) is 0 Å². The van der Waals surface area contributed by atoms with E-state index >= 15 is 0 Å². The highest BCUT2D eigenvalue weighted by Gasteiger charge is 2.20. The van der Waals surface area contributed by atoms with Gasteiger partial charge in [-0.15, -0.1) is 0 Å². The average Bonchev–Trinajstić information content (AvgIpc) is 2.36. The summed E-state index contributed by atoms with van der Waals surface area (Å²) in [6.45, 7) is 2.21. The van der Waals surface area contributed by atoms with Crippen molar-refractivity contribution < 1.29 is 0 Å². The number of hydrazone groups is 1. The first-order valence-electron chi connectivity index (χ1n) is 4.15. The molecule has 1 rings (SSSR count). The Bertz CT molecular complexity index is 129. The molecule has 0 radical (unpaired) electrons. The van der Waals surface area contributed by atoms with E-state index in [9.17, 15) is 0 Å². The zero-order valence-corrected chi connectivity index (χ0v) is 6.64. The van der Waals surface area contributed by atoms with E-state index in [1.54, 1.807) is 0 Å². The van der Waals surface area contributed by atoms with Gasteiger partial charge >= 0.3 is 0 Å².